The van der Waals surface area contributed by atoms with E-state index < -0.39 is 0 Å². The Kier molecular flexibility index (Phi) is 4.84. The molecule has 0 saturated carbocycles. The fraction of sp³-hybridized carbons (Fsp3) is 0.417. The normalized spacial score (nSPS) is 12.1. The fourth-order valence-corrected chi connectivity index (χ4v) is 1.45. The molecular formula is C12H16O3. The molecule has 0 aliphatic carbocycles. The zero-order valence-corrected chi connectivity index (χ0v) is 8.85. The molecule has 82 valence electrons. The van der Waals surface area contributed by atoms with Crippen LogP contribution in [0.25, 0.3) is 0 Å². The lowest BCUT2D eigenvalue weighted by Gasteiger charge is -2.15. The third-order valence-corrected chi connectivity index (χ3v) is 2.24. The maximum absolute atomic E-state index is 10.7. The summed E-state index contributed by atoms with van der Waals surface area (Å²) in [4.78, 5) is 10.7. The van der Waals surface area contributed by atoms with Gasteiger partial charge in [-0.3, -0.25) is 4.79 Å². The Bertz CT molecular complexity index is 295. The van der Waals surface area contributed by atoms with Crippen molar-refractivity contribution in [3.8, 4) is 0 Å². The van der Waals surface area contributed by atoms with Gasteiger partial charge in [-0.15, -0.1) is 0 Å². The Morgan fingerprint density at radius 2 is 2.07 bits per heavy atom. The minimum absolute atomic E-state index is 0.0834. The highest BCUT2D eigenvalue weighted by Gasteiger charge is 2.11. The monoisotopic (exact) mass is 208 g/mol. The zero-order valence-electron chi connectivity index (χ0n) is 8.85. The second-order valence-electron chi connectivity index (χ2n) is 3.42. The molecule has 3 heteroatoms. The molecule has 1 rings (SSSR count). The van der Waals surface area contributed by atoms with Crippen LogP contribution < -0.4 is 0 Å². The molecule has 0 aliphatic heterocycles. The Morgan fingerprint density at radius 1 is 1.40 bits per heavy atom. The first kappa shape index (κ1) is 11.7. The first-order chi connectivity index (χ1) is 7.24. The molecule has 1 N–H and O–H groups in total. The van der Waals surface area contributed by atoms with Gasteiger partial charge in [0.25, 0.3) is 0 Å². The van der Waals surface area contributed by atoms with Crippen LogP contribution in [0.5, 0.6) is 0 Å². The number of hydrogen-bond acceptors (Lipinski definition) is 3. The third kappa shape index (κ3) is 4.13. The van der Waals surface area contributed by atoms with E-state index in [0.29, 0.717) is 13.0 Å². The molecule has 0 radical (unpaired) electrons. The molecule has 0 aliphatic rings. The van der Waals surface area contributed by atoms with E-state index >= 15 is 0 Å². The van der Waals surface area contributed by atoms with Crippen LogP contribution in [0, 0.1) is 0 Å². The molecule has 0 amide bonds. The smallest absolute Gasteiger partial charge is 0.302 e. The molecule has 1 atom stereocenters. The van der Waals surface area contributed by atoms with Crippen molar-refractivity contribution in [2.75, 3.05) is 13.2 Å². The summed E-state index contributed by atoms with van der Waals surface area (Å²) in [5, 5.41) is 8.92. The van der Waals surface area contributed by atoms with E-state index in [9.17, 15) is 4.79 Å². The van der Waals surface area contributed by atoms with E-state index in [1.807, 2.05) is 30.3 Å². The Hall–Kier alpha value is -1.35. The van der Waals surface area contributed by atoms with E-state index in [-0.39, 0.29) is 18.5 Å². The molecule has 0 unspecified atom stereocenters. The van der Waals surface area contributed by atoms with Crippen molar-refractivity contribution in [1.82, 2.24) is 0 Å². The van der Waals surface area contributed by atoms with Crippen molar-refractivity contribution in [2.24, 2.45) is 0 Å². The Morgan fingerprint density at radius 3 is 2.60 bits per heavy atom. The molecule has 0 spiro atoms. The highest BCUT2D eigenvalue weighted by Crippen LogP contribution is 2.19. The Labute approximate surface area is 89.7 Å². The van der Waals surface area contributed by atoms with Gasteiger partial charge in [-0.05, 0) is 12.0 Å². The largest absolute Gasteiger partial charge is 0.465 e. The van der Waals surface area contributed by atoms with E-state index in [0.717, 1.165) is 5.56 Å². The molecule has 1 aromatic rings. The van der Waals surface area contributed by atoms with Crippen molar-refractivity contribution < 1.29 is 14.6 Å². The number of ether oxygens (including phenoxy) is 1. The molecule has 0 aromatic heterocycles. The van der Waals surface area contributed by atoms with Crippen molar-refractivity contribution in [2.45, 2.75) is 19.3 Å². The molecule has 0 bridgehead atoms. The number of rotatable bonds is 5. The second kappa shape index (κ2) is 6.19. The first-order valence-electron chi connectivity index (χ1n) is 5.03. The third-order valence-electron chi connectivity index (χ3n) is 2.24. The van der Waals surface area contributed by atoms with Crippen molar-refractivity contribution in [3.05, 3.63) is 35.9 Å². The number of carbonyl (C=O) groups excluding carboxylic acids is 1. The number of carbonyl (C=O) groups is 1. The highest BCUT2D eigenvalue weighted by molar-refractivity contribution is 5.65. The van der Waals surface area contributed by atoms with Gasteiger partial charge in [0, 0.05) is 19.4 Å². The van der Waals surface area contributed by atoms with Crippen molar-refractivity contribution >= 4 is 5.97 Å². The molecule has 3 nitrogen and oxygen atoms in total. The quantitative estimate of drug-likeness (QED) is 0.749. The lowest BCUT2D eigenvalue weighted by molar-refractivity contribution is -0.141. The van der Waals surface area contributed by atoms with Crippen molar-refractivity contribution in [1.29, 1.82) is 0 Å². The molecule has 15 heavy (non-hydrogen) atoms. The summed E-state index contributed by atoms with van der Waals surface area (Å²) in [7, 11) is 0. The fourth-order valence-electron chi connectivity index (χ4n) is 1.45. The first-order valence-corrected chi connectivity index (χ1v) is 5.03. The van der Waals surface area contributed by atoms with E-state index in [4.69, 9.17) is 9.84 Å². The second-order valence-corrected chi connectivity index (χ2v) is 3.42. The maximum atomic E-state index is 10.7. The number of esters is 1. The molecule has 0 fully saturated rings. The van der Waals surface area contributed by atoms with Gasteiger partial charge in [0.15, 0.2) is 0 Å². The van der Waals surface area contributed by atoms with E-state index in [1.165, 1.54) is 6.92 Å². The van der Waals surface area contributed by atoms with Crippen LogP contribution in [0.1, 0.15) is 24.8 Å². The maximum Gasteiger partial charge on any atom is 0.302 e. The minimum Gasteiger partial charge on any atom is -0.465 e. The van der Waals surface area contributed by atoms with Crippen LogP contribution in [-0.4, -0.2) is 24.3 Å². The summed E-state index contributed by atoms with van der Waals surface area (Å²) >= 11 is 0. The number of aliphatic hydroxyl groups is 1. The van der Waals surface area contributed by atoms with Crippen LogP contribution in [0.3, 0.4) is 0 Å². The van der Waals surface area contributed by atoms with Gasteiger partial charge < -0.3 is 9.84 Å². The van der Waals surface area contributed by atoms with Gasteiger partial charge >= 0.3 is 5.97 Å². The minimum atomic E-state index is -0.283. The number of aliphatic hydroxyl groups excluding tert-OH is 1. The number of hydrogen-bond donors (Lipinski definition) is 1. The van der Waals surface area contributed by atoms with Crippen LogP contribution in [0.2, 0.25) is 0 Å². The van der Waals surface area contributed by atoms with Gasteiger partial charge in [-0.1, -0.05) is 30.3 Å². The summed E-state index contributed by atoms with van der Waals surface area (Å²) < 4.78 is 4.96. The molecule has 1 aromatic carbocycles. The van der Waals surface area contributed by atoms with Crippen LogP contribution >= 0.6 is 0 Å². The lowest BCUT2D eigenvalue weighted by atomic mass is 9.97. The highest BCUT2D eigenvalue weighted by atomic mass is 16.5. The van der Waals surface area contributed by atoms with Crippen LogP contribution in [-0.2, 0) is 9.53 Å². The SMILES string of the molecule is CC(=O)OC[C@H](CCO)c1ccccc1. The summed E-state index contributed by atoms with van der Waals surface area (Å²) in [5.41, 5.74) is 1.09. The zero-order chi connectivity index (χ0) is 11.1. The standard InChI is InChI=1S/C12H16O3/c1-10(14)15-9-12(7-8-13)11-5-3-2-4-6-11/h2-6,12-13H,7-9H2,1H3/t12-/m0/s1. The van der Waals surface area contributed by atoms with Crippen LogP contribution in [0.4, 0.5) is 0 Å². The summed E-state index contributed by atoms with van der Waals surface area (Å²) in [5.74, 6) is -0.200. The predicted octanol–water partition coefficient (Wildman–Crippen LogP) is 1.72. The molecular weight excluding hydrogens is 192 g/mol. The Balaban J connectivity index is 2.61. The molecule has 0 heterocycles. The average molecular weight is 208 g/mol. The lowest BCUT2D eigenvalue weighted by Crippen LogP contribution is -2.12. The van der Waals surface area contributed by atoms with Gasteiger partial charge in [-0.25, -0.2) is 0 Å². The average Bonchev–Trinajstić information content (AvgIpc) is 2.25. The summed E-state index contributed by atoms with van der Waals surface area (Å²) in [6.45, 7) is 1.82. The van der Waals surface area contributed by atoms with E-state index in [2.05, 4.69) is 0 Å². The van der Waals surface area contributed by atoms with Gasteiger partial charge in [0.1, 0.15) is 0 Å². The topological polar surface area (TPSA) is 46.5 Å². The molecule has 0 saturated heterocycles. The van der Waals surface area contributed by atoms with Gasteiger partial charge in [0.05, 0.1) is 6.61 Å². The predicted molar refractivity (Wildman–Crippen MR) is 57.5 cm³/mol. The summed E-state index contributed by atoms with van der Waals surface area (Å²) in [6, 6.07) is 9.76. The van der Waals surface area contributed by atoms with E-state index in [1.54, 1.807) is 0 Å². The van der Waals surface area contributed by atoms with Crippen LogP contribution in [0.15, 0.2) is 30.3 Å². The van der Waals surface area contributed by atoms with Gasteiger partial charge in [-0.2, -0.15) is 0 Å². The number of benzene rings is 1. The summed E-state index contributed by atoms with van der Waals surface area (Å²) in [6.07, 6.45) is 0.608. The van der Waals surface area contributed by atoms with Crippen molar-refractivity contribution in [3.63, 3.8) is 0 Å². The van der Waals surface area contributed by atoms with Gasteiger partial charge in [0.2, 0.25) is 0 Å².